The van der Waals surface area contributed by atoms with Gasteiger partial charge in [0, 0.05) is 23.1 Å². The zero-order valence-electron chi connectivity index (χ0n) is 13.0. The molecule has 2 fully saturated rings. The van der Waals surface area contributed by atoms with Crippen molar-refractivity contribution >= 4 is 17.5 Å². The van der Waals surface area contributed by atoms with Gasteiger partial charge in [-0.2, -0.15) is 0 Å². The van der Waals surface area contributed by atoms with Gasteiger partial charge < -0.3 is 16.0 Å². The Hall–Kier alpha value is -1.10. The Balaban J connectivity index is 1.55. The predicted octanol–water partition coefficient (Wildman–Crippen LogP) is 1.95. The van der Waals surface area contributed by atoms with Crippen LogP contribution in [0.2, 0.25) is 5.02 Å². The summed E-state index contributed by atoms with van der Waals surface area (Å²) in [4.78, 5) is 14.8. The van der Waals surface area contributed by atoms with Gasteiger partial charge in [0.15, 0.2) is 0 Å². The molecule has 2 aliphatic rings. The summed E-state index contributed by atoms with van der Waals surface area (Å²) in [6.45, 7) is 0. The van der Waals surface area contributed by atoms with Crippen LogP contribution in [-0.2, 0) is 11.2 Å². The van der Waals surface area contributed by atoms with Crippen LogP contribution >= 0.6 is 11.6 Å². The Bertz CT molecular complexity index is 536. The van der Waals surface area contributed by atoms with Crippen LogP contribution in [0.1, 0.15) is 31.2 Å². The number of hydrogen-bond acceptors (Lipinski definition) is 3. The van der Waals surface area contributed by atoms with E-state index in [2.05, 4.69) is 17.3 Å². The van der Waals surface area contributed by atoms with Gasteiger partial charge in [0.25, 0.3) is 0 Å². The largest absolute Gasteiger partial charge is 0.352 e. The molecule has 0 aromatic heterocycles. The van der Waals surface area contributed by atoms with Gasteiger partial charge in [-0.3, -0.25) is 4.79 Å². The number of carbonyl (C=O) groups is 1. The average molecular weight is 322 g/mol. The van der Waals surface area contributed by atoms with Crippen LogP contribution in [0.25, 0.3) is 0 Å². The molecule has 2 heterocycles. The van der Waals surface area contributed by atoms with E-state index in [4.69, 9.17) is 17.3 Å². The van der Waals surface area contributed by atoms with Crippen molar-refractivity contribution in [1.29, 1.82) is 0 Å². The van der Waals surface area contributed by atoms with E-state index in [1.165, 1.54) is 12.8 Å². The molecule has 3 unspecified atom stereocenters. The van der Waals surface area contributed by atoms with Gasteiger partial charge >= 0.3 is 0 Å². The van der Waals surface area contributed by atoms with E-state index in [9.17, 15) is 4.79 Å². The van der Waals surface area contributed by atoms with Crippen LogP contribution in [0, 0.1) is 0 Å². The van der Waals surface area contributed by atoms with Gasteiger partial charge in [0.05, 0.1) is 6.04 Å². The molecule has 1 aromatic rings. The molecule has 1 amide bonds. The molecule has 3 N–H and O–H groups in total. The van der Waals surface area contributed by atoms with E-state index in [-0.39, 0.29) is 11.9 Å². The normalized spacial score (nSPS) is 29.3. The number of carbonyl (C=O) groups excluding carboxylic acids is 1. The van der Waals surface area contributed by atoms with E-state index in [0.717, 1.165) is 18.4 Å². The van der Waals surface area contributed by atoms with Crippen molar-refractivity contribution in [1.82, 2.24) is 10.2 Å². The number of rotatable bonds is 4. The van der Waals surface area contributed by atoms with E-state index in [1.54, 1.807) is 0 Å². The summed E-state index contributed by atoms with van der Waals surface area (Å²) >= 11 is 6.13. The Labute approximate surface area is 137 Å². The third-order valence-electron chi connectivity index (χ3n) is 5.18. The summed E-state index contributed by atoms with van der Waals surface area (Å²) < 4.78 is 0. The van der Waals surface area contributed by atoms with Crippen molar-refractivity contribution in [3.8, 4) is 0 Å². The van der Waals surface area contributed by atoms with Crippen molar-refractivity contribution in [2.75, 3.05) is 7.05 Å². The lowest BCUT2D eigenvalue weighted by atomic mass is 9.97. The molecule has 0 spiro atoms. The van der Waals surface area contributed by atoms with Crippen molar-refractivity contribution in [2.45, 2.75) is 56.3 Å². The molecule has 5 heteroatoms. The fraction of sp³-hybridized carbons (Fsp3) is 0.588. The topological polar surface area (TPSA) is 58.4 Å². The Kier molecular flexibility index (Phi) is 4.71. The number of nitrogens with one attached hydrogen (secondary N) is 1. The van der Waals surface area contributed by atoms with Crippen LogP contribution < -0.4 is 11.1 Å². The summed E-state index contributed by atoms with van der Waals surface area (Å²) in [5, 5.41) is 3.82. The SMILES string of the molecule is CN1C2CCC1CC(NC(=O)C(N)Cc1ccccc1Cl)C2. The molecule has 2 bridgehead atoms. The molecule has 120 valence electrons. The third kappa shape index (κ3) is 3.29. The lowest BCUT2D eigenvalue weighted by Gasteiger charge is -2.37. The second-order valence-electron chi connectivity index (χ2n) is 6.63. The maximum atomic E-state index is 12.3. The van der Waals surface area contributed by atoms with Crippen LogP contribution in [0.15, 0.2) is 24.3 Å². The summed E-state index contributed by atoms with van der Waals surface area (Å²) in [6, 6.07) is 8.50. The zero-order valence-corrected chi connectivity index (χ0v) is 13.7. The molecule has 0 saturated carbocycles. The fourth-order valence-corrected chi connectivity index (χ4v) is 4.04. The number of piperidine rings is 1. The maximum absolute atomic E-state index is 12.3. The summed E-state index contributed by atoms with van der Waals surface area (Å²) in [5.41, 5.74) is 6.99. The first kappa shape index (κ1) is 15.8. The van der Waals surface area contributed by atoms with E-state index in [0.29, 0.717) is 23.5 Å². The summed E-state index contributed by atoms with van der Waals surface area (Å²) in [5.74, 6) is -0.0612. The molecule has 4 nitrogen and oxygen atoms in total. The lowest BCUT2D eigenvalue weighted by Crippen LogP contribution is -2.52. The molecule has 3 atom stereocenters. The number of amides is 1. The first-order chi connectivity index (χ1) is 10.5. The highest BCUT2D eigenvalue weighted by Crippen LogP contribution is 2.34. The maximum Gasteiger partial charge on any atom is 0.237 e. The number of benzene rings is 1. The molecule has 2 saturated heterocycles. The van der Waals surface area contributed by atoms with E-state index < -0.39 is 6.04 Å². The Morgan fingerprint density at radius 3 is 2.64 bits per heavy atom. The van der Waals surface area contributed by atoms with E-state index >= 15 is 0 Å². The summed E-state index contributed by atoms with van der Waals surface area (Å²) in [7, 11) is 2.20. The standard InChI is InChI=1S/C17H24ClN3O/c1-21-13-6-7-14(21)10-12(9-13)20-17(22)16(19)8-11-4-2-3-5-15(11)18/h2-5,12-14,16H,6-10,19H2,1H3,(H,20,22). The molecule has 0 radical (unpaired) electrons. The first-order valence-corrected chi connectivity index (χ1v) is 8.43. The third-order valence-corrected chi connectivity index (χ3v) is 5.55. The highest BCUT2D eigenvalue weighted by atomic mass is 35.5. The quantitative estimate of drug-likeness (QED) is 0.891. The average Bonchev–Trinajstić information content (AvgIpc) is 2.72. The fourth-order valence-electron chi connectivity index (χ4n) is 3.83. The van der Waals surface area contributed by atoms with Gasteiger partial charge in [-0.15, -0.1) is 0 Å². The zero-order chi connectivity index (χ0) is 15.7. The van der Waals surface area contributed by atoms with Crippen molar-refractivity contribution < 1.29 is 4.79 Å². The van der Waals surface area contributed by atoms with Gasteiger partial charge in [-0.25, -0.2) is 0 Å². The number of nitrogens with zero attached hydrogens (tertiary/aromatic N) is 1. The number of hydrogen-bond donors (Lipinski definition) is 2. The highest BCUT2D eigenvalue weighted by Gasteiger charge is 2.39. The minimum Gasteiger partial charge on any atom is -0.352 e. The molecule has 1 aromatic carbocycles. The molecule has 3 rings (SSSR count). The Morgan fingerprint density at radius 1 is 1.36 bits per heavy atom. The van der Waals surface area contributed by atoms with Gasteiger partial charge in [0.2, 0.25) is 5.91 Å². The van der Waals surface area contributed by atoms with Crippen LogP contribution in [0.3, 0.4) is 0 Å². The highest BCUT2D eigenvalue weighted by molar-refractivity contribution is 6.31. The predicted molar refractivity (Wildman–Crippen MR) is 88.9 cm³/mol. The molecule has 22 heavy (non-hydrogen) atoms. The van der Waals surface area contributed by atoms with Crippen molar-refractivity contribution in [2.24, 2.45) is 5.73 Å². The smallest absolute Gasteiger partial charge is 0.237 e. The van der Waals surface area contributed by atoms with Crippen LogP contribution in [0.4, 0.5) is 0 Å². The minimum absolute atomic E-state index is 0.0612. The van der Waals surface area contributed by atoms with Crippen molar-refractivity contribution in [3.63, 3.8) is 0 Å². The van der Waals surface area contributed by atoms with Crippen LogP contribution in [-0.4, -0.2) is 42.0 Å². The monoisotopic (exact) mass is 321 g/mol. The molecular formula is C17H24ClN3O. The summed E-state index contributed by atoms with van der Waals surface area (Å²) in [6.07, 6.45) is 5.05. The molecule has 0 aliphatic carbocycles. The Morgan fingerprint density at radius 2 is 2.00 bits per heavy atom. The number of nitrogens with two attached hydrogens (primary N) is 1. The molecular weight excluding hydrogens is 298 g/mol. The molecule has 2 aliphatic heterocycles. The lowest BCUT2D eigenvalue weighted by molar-refractivity contribution is -0.123. The van der Waals surface area contributed by atoms with Crippen LogP contribution in [0.5, 0.6) is 0 Å². The van der Waals surface area contributed by atoms with Gasteiger partial charge in [-0.05, 0) is 50.8 Å². The van der Waals surface area contributed by atoms with E-state index in [1.807, 2.05) is 24.3 Å². The second kappa shape index (κ2) is 6.57. The van der Waals surface area contributed by atoms with Gasteiger partial charge in [0.1, 0.15) is 0 Å². The van der Waals surface area contributed by atoms with Crippen molar-refractivity contribution in [3.05, 3.63) is 34.9 Å². The number of halogens is 1. The van der Waals surface area contributed by atoms with Gasteiger partial charge in [-0.1, -0.05) is 29.8 Å². The first-order valence-electron chi connectivity index (χ1n) is 8.06. The minimum atomic E-state index is -0.544. The second-order valence-corrected chi connectivity index (χ2v) is 7.04. The number of fused-ring (bicyclic) bond motifs is 2.